The Bertz CT molecular complexity index is 1870. The molecule has 0 bridgehead atoms. The van der Waals surface area contributed by atoms with Gasteiger partial charge in [-0.1, -0.05) is 30.8 Å². The fraction of sp³-hybridized carbons (Fsp3) is 0.100. The molecule has 0 saturated heterocycles. The number of benzene rings is 2. The van der Waals surface area contributed by atoms with Gasteiger partial charge in [-0.15, -0.1) is 11.3 Å². The molecular formula is C30H24F2N6O3S. The molecule has 0 unspecified atom stereocenters. The second-order valence-corrected chi connectivity index (χ2v) is 10.4. The molecule has 3 heterocycles. The molecule has 2 amide bonds. The molecule has 2 aromatic carbocycles. The van der Waals surface area contributed by atoms with Crippen molar-refractivity contribution < 1.29 is 23.1 Å². The summed E-state index contributed by atoms with van der Waals surface area (Å²) in [5.74, 6) is -1.08. The summed E-state index contributed by atoms with van der Waals surface area (Å²) in [7, 11) is 0. The summed E-state index contributed by atoms with van der Waals surface area (Å²) in [6.45, 7) is 6.83. The number of hydrogen-bond donors (Lipinski definition) is 3. The van der Waals surface area contributed by atoms with E-state index < -0.39 is 23.8 Å². The van der Waals surface area contributed by atoms with Crippen LogP contribution in [0.5, 0.6) is 11.8 Å². The van der Waals surface area contributed by atoms with Gasteiger partial charge < -0.3 is 21.5 Å². The van der Waals surface area contributed by atoms with Gasteiger partial charge in [0, 0.05) is 45.2 Å². The van der Waals surface area contributed by atoms with Crippen molar-refractivity contribution in [2.24, 2.45) is 5.73 Å². The number of nitrogens with zero attached hydrogens (tertiary/aromatic N) is 3. The van der Waals surface area contributed by atoms with Gasteiger partial charge in [-0.2, -0.15) is 0 Å². The number of amides is 2. The van der Waals surface area contributed by atoms with E-state index in [1.165, 1.54) is 17.5 Å². The van der Waals surface area contributed by atoms with Crippen LogP contribution in [0, 0.1) is 13.8 Å². The fourth-order valence-electron chi connectivity index (χ4n) is 4.29. The van der Waals surface area contributed by atoms with Crippen molar-refractivity contribution in [3.63, 3.8) is 0 Å². The monoisotopic (exact) mass is 586 g/mol. The molecule has 0 aliphatic rings. The van der Waals surface area contributed by atoms with E-state index in [1.807, 2.05) is 13.0 Å². The van der Waals surface area contributed by atoms with Crippen molar-refractivity contribution in [2.45, 2.75) is 20.3 Å². The van der Waals surface area contributed by atoms with Gasteiger partial charge in [0.1, 0.15) is 11.6 Å². The Balaban J connectivity index is 1.69. The van der Waals surface area contributed by atoms with Gasteiger partial charge in [-0.3, -0.25) is 9.59 Å². The predicted molar refractivity (Wildman–Crippen MR) is 159 cm³/mol. The number of nitrogen functional groups attached to an aromatic ring is 1. The van der Waals surface area contributed by atoms with Crippen LogP contribution in [0.15, 0.2) is 73.1 Å². The molecule has 12 heteroatoms. The van der Waals surface area contributed by atoms with Crippen LogP contribution in [0.4, 0.5) is 20.3 Å². The fourth-order valence-corrected chi connectivity index (χ4v) is 5.68. The Labute approximate surface area is 242 Å². The summed E-state index contributed by atoms with van der Waals surface area (Å²) >= 11 is 1.22. The predicted octanol–water partition coefficient (Wildman–Crippen LogP) is 6.27. The number of thiophene rings is 1. The smallest absolute Gasteiger partial charge is 0.322 e. The maximum Gasteiger partial charge on any atom is 0.322 e. The number of primary amides is 1. The molecular weight excluding hydrogens is 562 g/mol. The zero-order valence-electron chi connectivity index (χ0n) is 22.4. The van der Waals surface area contributed by atoms with E-state index in [-0.39, 0.29) is 23.1 Å². The first-order valence-electron chi connectivity index (χ1n) is 12.5. The van der Waals surface area contributed by atoms with E-state index in [0.717, 1.165) is 11.3 Å². The number of nitrogens with one attached hydrogen (secondary N) is 1. The first-order chi connectivity index (χ1) is 20.0. The minimum atomic E-state index is -3.02. The number of hydrogen-bond acceptors (Lipinski definition) is 8. The standard InChI is InChI=1S/C30H24F2N6O3S/c1-14-4-9-19(21(12-14)38-29(40)16(3)26(31)32)24-22(23-25(42-24)20(28(34)39)13-36-27(23)33)17-5-7-18(8-6-17)41-30-35-11-10-15(2)37-30/h4-13,26H,3H2,1-2H3,(H2,33,36)(H2,34,39)(H,38,40). The number of anilines is 2. The molecule has 9 nitrogen and oxygen atoms in total. The van der Waals surface area contributed by atoms with Crippen LogP contribution in [-0.2, 0) is 4.79 Å². The molecule has 0 saturated carbocycles. The number of pyridine rings is 1. The van der Waals surface area contributed by atoms with Gasteiger partial charge in [-0.05, 0) is 49.2 Å². The molecule has 5 rings (SSSR count). The van der Waals surface area contributed by atoms with Crippen LogP contribution in [0.1, 0.15) is 21.6 Å². The zero-order chi connectivity index (χ0) is 30.1. The zero-order valence-corrected chi connectivity index (χ0v) is 23.3. The second-order valence-electron chi connectivity index (χ2n) is 9.37. The number of nitrogens with two attached hydrogens (primary N) is 2. The molecule has 0 atom stereocenters. The van der Waals surface area contributed by atoms with Crippen molar-refractivity contribution in [3.05, 3.63) is 89.9 Å². The lowest BCUT2D eigenvalue weighted by molar-refractivity contribution is -0.114. The third-order valence-corrected chi connectivity index (χ3v) is 7.61. The third kappa shape index (κ3) is 5.52. The highest BCUT2D eigenvalue weighted by molar-refractivity contribution is 7.23. The van der Waals surface area contributed by atoms with Gasteiger partial charge in [0.05, 0.1) is 15.8 Å². The van der Waals surface area contributed by atoms with E-state index in [9.17, 15) is 18.4 Å². The van der Waals surface area contributed by atoms with Crippen LogP contribution in [0.25, 0.3) is 31.7 Å². The Morgan fingerprint density at radius 2 is 1.81 bits per heavy atom. The number of carbonyl (C=O) groups is 2. The number of aromatic nitrogens is 3. The van der Waals surface area contributed by atoms with Crippen LogP contribution in [0.2, 0.25) is 0 Å². The number of alkyl halides is 2. The largest absolute Gasteiger partial charge is 0.424 e. The molecule has 212 valence electrons. The number of carbonyl (C=O) groups excluding carboxylic acids is 2. The minimum Gasteiger partial charge on any atom is -0.424 e. The Hall–Kier alpha value is -5.23. The number of halogens is 2. The maximum atomic E-state index is 13.2. The van der Waals surface area contributed by atoms with E-state index in [0.29, 0.717) is 37.4 Å². The van der Waals surface area contributed by atoms with E-state index >= 15 is 0 Å². The Morgan fingerprint density at radius 3 is 2.48 bits per heavy atom. The van der Waals surface area contributed by atoms with Crippen LogP contribution < -0.4 is 21.5 Å². The van der Waals surface area contributed by atoms with Crippen LogP contribution in [0.3, 0.4) is 0 Å². The molecule has 0 spiro atoms. The topological polar surface area (TPSA) is 146 Å². The van der Waals surface area contributed by atoms with E-state index in [4.69, 9.17) is 16.2 Å². The molecule has 0 fully saturated rings. The van der Waals surface area contributed by atoms with Crippen LogP contribution in [-0.4, -0.2) is 33.2 Å². The number of fused-ring (bicyclic) bond motifs is 1. The summed E-state index contributed by atoms with van der Waals surface area (Å²) in [5, 5.41) is 3.05. The Morgan fingerprint density at radius 1 is 1.07 bits per heavy atom. The molecule has 0 radical (unpaired) electrons. The highest BCUT2D eigenvalue weighted by Crippen LogP contribution is 2.49. The number of rotatable bonds is 8. The summed E-state index contributed by atoms with van der Waals surface area (Å²) in [6, 6.07) is 14.2. The first-order valence-corrected chi connectivity index (χ1v) is 13.3. The van der Waals surface area contributed by atoms with Crippen molar-refractivity contribution in [3.8, 4) is 33.3 Å². The van der Waals surface area contributed by atoms with Crippen LogP contribution >= 0.6 is 11.3 Å². The summed E-state index contributed by atoms with van der Waals surface area (Å²) in [6.07, 6.45) is -0.114. The van der Waals surface area contributed by atoms with Gasteiger partial charge in [0.25, 0.3) is 18.2 Å². The molecule has 0 aliphatic heterocycles. The van der Waals surface area contributed by atoms with Gasteiger partial charge in [-0.25, -0.2) is 23.7 Å². The van der Waals surface area contributed by atoms with Crippen molar-refractivity contribution in [2.75, 3.05) is 11.1 Å². The van der Waals surface area contributed by atoms with E-state index in [2.05, 4.69) is 26.8 Å². The van der Waals surface area contributed by atoms with Gasteiger partial charge >= 0.3 is 6.01 Å². The maximum absolute atomic E-state index is 13.2. The average Bonchev–Trinajstić information content (AvgIpc) is 3.34. The molecule has 5 aromatic rings. The SMILES string of the molecule is C=C(C(=O)Nc1cc(C)ccc1-c1sc2c(C(N)=O)cnc(N)c2c1-c1ccc(Oc2nccc(C)n2)cc1)C(F)F. The quantitative estimate of drug-likeness (QED) is 0.182. The van der Waals surface area contributed by atoms with Crippen molar-refractivity contribution in [1.82, 2.24) is 15.0 Å². The lowest BCUT2D eigenvalue weighted by Crippen LogP contribution is -2.18. The van der Waals surface area contributed by atoms with Crippen molar-refractivity contribution >= 4 is 44.7 Å². The summed E-state index contributed by atoms with van der Waals surface area (Å²) < 4.78 is 32.7. The van der Waals surface area contributed by atoms with Crippen molar-refractivity contribution in [1.29, 1.82) is 0 Å². The molecule has 0 aliphatic carbocycles. The molecule has 3 aromatic heterocycles. The normalized spacial score (nSPS) is 11.1. The molecule has 42 heavy (non-hydrogen) atoms. The summed E-state index contributed by atoms with van der Waals surface area (Å²) in [5.41, 5.74) is 14.9. The number of ether oxygens (including phenoxy) is 1. The minimum absolute atomic E-state index is 0.157. The lowest BCUT2D eigenvalue weighted by atomic mass is 9.96. The highest BCUT2D eigenvalue weighted by atomic mass is 32.1. The average molecular weight is 587 g/mol. The second kappa shape index (κ2) is 11.3. The first kappa shape index (κ1) is 28.3. The third-order valence-electron chi connectivity index (χ3n) is 6.36. The molecule has 5 N–H and O–H groups in total. The van der Waals surface area contributed by atoms with Gasteiger partial charge in [0.15, 0.2) is 0 Å². The highest BCUT2D eigenvalue weighted by Gasteiger charge is 2.25. The Kier molecular flexibility index (Phi) is 7.64. The lowest BCUT2D eigenvalue weighted by Gasteiger charge is -2.14. The summed E-state index contributed by atoms with van der Waals surface area (Å²) in [4.78, 5) is 38.1. The van der Waals surface area contributed by atoms with Gasteiger partial charge in [0.2, 0.25) is 0 Å². The number of aryl methyl sites for hydroxylation is 2. The van der Waals surface area contributed by atoms with E-state index in [1.54, 1.807) is 55.6 Å².